The first-order valence-corrected chi connectivity index (χ1v) is 7.10. The molecule has 0 heterocycles. The van der Waals surface area contributed by atoms with Crippen LogP contribution in [0.4, 0.5) is 4.39 Å². The van der Waals surface area contributed by atoms with Gasteiger partial charge < -0.3 is 9.84 Å². The molecule has 0 radical (unpaired) electrons. The molecule has 0 aliphatic carbocycles. The number of carbonyl (C=O) groups excluding carboxylic acids is 1. The number of benzene rings is 1. The number of hydrogen-bond donors (Lipinski definition) is 1. The predicted octanol–water partition coefficient (Wildman–Crippen LogP) is 3.60. The summed E-state index contributed by atoms with van der Waals surface area (Å²) in [4.78, 5) is 11.8. The molecule has 5 heteroatoms. The standard InChI is InChI=1S/C14H18BrFO3/c1-3-5-11(14(18)19-4-2)13(17)10-7-6-9(15)8-12(10)16/h6-8,11,13,17H,3-5H2,1-2H3. The molecule has 0 aliphatic heterocycles. The fourth-order valence-corrected chi connectivity index (χ4v) is 2.26. The fraction of sp³-hybridized carbons (Fsp3) is 0.500. The Kier molecular flexibility index (Phi) is 6.45. The van der Waals surface area contributed by atoms with Crippen molar-refractivity contribution < 1.29 is 19.0 Å². The third-order valence-electron chi connectivity index (χ3n) is 2.85. The molecule has 0 aromatic heterocycles. The smallest absolute Gasteiger partial charge is 0.311 e. The van der Waals surface area contributed by atoms with Gasteiger partial charge in [-0.05, 0) is 25.5 Å². The molecular weight excluding hydrogens is 315 g/mol. The minimum absolute atomic E-state index is 0.120. The van der Waals surface area contributed by atoms with Crippen molar-refractivity contribution >= 4 is 21.9 Å². The van der Waals surface area contributed by atoms with Gasteiger partial charge in [-0.2, -0.15) is 0 Å². The van der Waals surface area contributed by atoms with Gasteiger partial charge in [-0.1, -0.05) is 35.3 Å². The number of hydrogen-bond acceptors (Lipinski definition) is 3. The molecule has 0 amide bonds. The van der Waals surface area contributed by atoms with E-state index in [1.54, 1.807) is 13.0 Å². The number of esters is 1. The molecule has 0 spiro atoms. The first kappa shape index (κ1) is 16.1. The monoisotopic (exact) mass is 332 g/mol. The molecule has 2 atom stereocenters. The van der Waals surface area contributed by atoms with Crippen molar-refractivity contribution in [2.24, 2.45) is 5.92 Å². The molecular formula is C14H18BrFO3. The predicted molar refractivity (Wildman–Crippen MR) is 74.1 cm³/mol. The van der Waals surface area contributed by atoms with Gasteiger partial charge in [0.2, 0.25) is 0 Å². The SMILES string of the molecule is CCCC(C(=O)OCC)C(O)c1ccc(Br)cc1F. The lowest BCUT2D eigenvalue weighted by atomic mass is 9.91. The van der Waals surface area contributed by atoms with Gasteiger partial charge in [0.25, 0.3) is 0 Å². The van der Waals surface area contributed by atoms with Crippen molar-refractivity contribution in [3.63, 3.8) is 0 Å². The van der Waals surface area contributed by atoms with E-state index in [1.807, 2.05) is 6.92 Å². The number of ether oxygens (including phenoxy) is 1. The first-order valence-electron chi connectivity index (χ1n) is 6.30. The number of carbonyl (C=O) groups is 1. The van der Waals surface area contributed by atoms with Gasteiger partial charge in [-0.25, -0.2) is 4.39 Å². The van der Waals surface area contributed by atoms with E-state index in [4.69, 9.17) is 4.74 Å². The Hall–Kier alpha value is -0.940. The van der Waals surface area contributed by atoms with Crippen molar-refractivity contribution in [3.05, 3.63) is 34.1 Å². The summed E-state index contributed by atoms with van der Waals surface area (Å²) in [6.45, 7) is 3.85. The molecule has 1 rings (SSSR count). The van der Waals surface area contributed by atoms with Gasteiger partial charge in [-0.3, -0.25) is 4.79 Å². The largest absolute Gasteiger partial charge is 0.466 e. The molecule has 0 saturated carbocycles. The summed E-state index contributed by atoms with van der Waals surface area (Å²) in [5.41, 5.74) is 0.120. The minimum atomic E-state index is -1.19. The third-order valence-corrected chi connectivity index (χ3v) is 3.34. The van der Waals surface area contributed by atoms with E-state index in [0.29, 0.717) is 17.3 Å². The van der Waals surface area contributed by atoms with E-state index in [-0.39, 0.29) is 12.2 Å². The van der Waals surface area contributed by atoms with Crippen molar-refractivity contribution in [2.45, 2.75) is 32.8 Å². The lowest BCUT2D eigenvalue weighted by Gasteiger charge is -2.21. The highest BCUT2D eigenvalue weighted by atomic mass is 79.9. The highest BCUT2D eigenvalue weighted by molar-refractivity contribution is 9.10. The lowest BCUT2D eigenvalue weighted by molar-refractivity contribution is -0.152. The maximum absolute atomic E-state index is 13.8. The molecule has 1 aromatic carbocycles. The molecule has 0 aliphatic rings. The summed E-state index contributed by atoms with van der Waals surface area (Å²) in [7, 11) is 0. The van der Waals surface area contributed by atoms with Crippen molar-refractivity contribution in [1.82, 2.24) is 0 Å². The van der Waals surface area contributed by atoms with Crippen molar-refractivity contribution in [3.8, 4) is 0 Å². The molecule has 2 unspecified atom stereocenters. The third kappa shape index (κ3) is 4.28. The van der Waals surface area contributed by atoms with Crippen LogP contribution in [0.1, 0.15) is 38.4 Å². The van der Waals surface area contributed by atoms with E-state index >= 15 is 0 Å². The zero-order valence-corrected chi connectivity index (χ0v) is 12.6. The van der Waals surface area contributed by atoms with Gasteiger partial charge in [0.15, 0.2) is 0 Å². The topological polar surface area (TPSA) is 46.5 Å². The van der Waals surface area contributed by atoms with E-state index in [0.717, 1.165) is 0 Å². The molecule has 0 saturated heterocycles. The van der Waals surface area contributed by atoms with Gasteiger partial charge >= 0.3 is 5.97 Å². The number of aliphatic hydroxyl groups excluding tert-OH is 1. The van der Waals surface area contributed by atoms with Crippen LogP contribution >= 0.6 is 15.9 Å². The summed E-state index contributed by atoms with van der Waals surface area (Å²) in [5.74, 6) is -1.76. The lowest BCUT2D eigenvalue weighted by Crippen LogP contribution is -2.25. The summed E-state index contributed by atoms with van der Waals surface area (Å²) in [6.07, 6.45) is -0.0270. The quantitative estimate of drug-likeness (QED) is 0.809. The van der Waals surface area contributed by atoms with Crippen LogP contribution in [-0.4, -0.2) is 17.7 Å². The average Bonchev–Trinajstić information content (AvgIpc) is 2.35. The second-order valence-electron chi connectivity index (χ2n) is 4.26. The van der Waals surface area contributed by atoms with Gasteiger partial charge in [-0.15, -0.1) is 0 Å². The highest BCUT2D eigenvalue weighted by Crippen LogP contribution is 2.30. The highest BCUT2D eigenvalue weighted by Gasteiger charge is 2.30. The van der Waals surface area contributed by atoms with Crippen molar-refractivity contribution in [1.29, 1.82) is 0 Å². The zero-order chi connectivity index (χ0) is 14.4. The molecule has 0 bridgehead atoms. The number of halogens is 2. The van der Waals surface area contributed by atoms with Crippen LogP contribution in [0, 0.1) is 11.7 Å². The normalized spacial score (nSPS) is 13.9. The Morgan fingerprint density at radius 2 is 2.16 bits per heavy atom. The summed E-state index contributed by atoms with van der Waals surface area (Å²) >= 11 is 3.15. The second kappa shape index (κ2) is 7.60. The number of aliphatic hydroxyl groups is 1. The molecule has 0 fully saturated rings. The van der Waals surface area contributed by atoms with Gasteiger partial charge in [0, 0.05) is 10.0 Å². The van der Waals surface area contributed by atoms with E-state index in [9.17, 15) is 14.3 Å². The second-order valence-corrected chi connectivity index (χ2v) is 5.17. The van der Waals surface area contributed by atoms with Crippen LogP contribution in [0.3, 0.4) is 0 Å². The van der Waals surface area contributed by atoms with Crippen LogP contribution in [0.2, 0.25) is 0 Å². The van der Waals surface area contributed by atoms with E-state index < -0.39 is 23.8 Å². The van der Waals surface area contributed by atoms with Gasteiger partial charge in [0.1, 0.15) is 5.82 Å². The minimum Gasteiger partial charge on any atom is -0.466 e. The van der Waals surface area contributed by atoms with Crippen LogP contribution in [0.15, 0.2) is 22.7 Å². The Morgan fingerprint density at radius 1 is 1.47 bits per heavy atom. The van der Waals surface area contributed by atoms with Crippen LogP contribution < -0.4 is 0 Å². The average molecular weight is 333 g/mol. The Morgan fingerprint density at radius 3 is 2.68 bits per heavy atom. The first-order chi connectivity index (χ1) is 9.01. The summed E-state index contributed by atoms with van der Waals surface area (Å²) < 4.78 is 19.3. The molecule has 106 valence electrons. The fourth-order valence-electron chi connectivity index (χ4n) is 1.92. The van der Waals surface area contributed by atoms with Crippen molar-refractivity contribution in [2.75, 3.05) is 6.61 Å². The maximum atomic E-state index is 13.8. The van der Waals surface area contributed by atoms with E-state index in [2.05, 4.69) is 15.9 Å². The van der Waals surface area contributed by atoms with Crippen LogP contribution in [0.5, 0.6) is 0 Å². The molecule has 1 aromatic rings. The Balaban J connectivity index is 2.98. The summed E-state index contributed by atoms with van der Waals surface area (Å²) in [6, 6.07) is 4.38. The number of rotatable bonds is 6. The molecule has 1 N–H and O–H groups in total. The summed E-state index contributed by atoms with van der Waals surface area (Å²) in [5, 5.41) is 10.2. The van der Waals surface area contributed by atoms with Crippen LogP contribution in [-0.2, 0) is 9.53 Å². The van der Waals surface area contributed by atoms with Gasteiger partial charge in [0.05, 0.1) is 18.6 Å². The van der Waals surface area contributed by atoms with Crippen LogP contribution in [0.25, 0.3) is 0 Å². The molecule has 19 heavy (non-hydrogen) atoms. The zero-order valence-electron chi connectivity index (χ0n) is 11.0. The maximum Gasteiger partial charge on any atom is 0.311 e. The molecule has 3 nitrogen and oxygen atoms in total. The van der Waals surface area contributed by atoms with E-state index in [1.165, 1.54) is 12.1 Å². The Labute approximate surface area is 120 Å². The Bertz CT molecular complexity index is 437.